The van der Waals surface area contributed by atoms with Crippen molar-refractivity contribution in [3.63, 3.8) is 0 Å². The minimum Gasteiger partial charge on any atom is -0.444 e. The maximum atomic E-state index is 12.5. The molecule has 1 aliphatic heterocycles. The number of likely N-dealkylation sites (tertiary alicyclic amines) is 1. The van der Waals surface area contributed by atoms with Crippen LogP contribution in [0.3, 0.4) is 0 Å². The van der Waals surface area contributed by atoms with Crippen molar-refractivity contribution in [2.45, 2.75) is 71.9 Å². The molecular weight excluding hydrogens is 254 g/mol. The number of ketones is 1. The third-order valence-electron chi connectivity index (χ3n) is 4.91. The van der Waals surface area contributed by atoms with Crippen LogP contribution in [0.15, 0.2) is 0 Å². The molecule has 1 amide bonds. The highest BCUT2D eigenvalue weighted by atomic mass is 16.6. The number of fused-ring (bicyclic) bond motifs is 1. The molecule has 0 aromatic heterocycles. The summed E-state index contributed by atoms with van der Waals surface area (Å²) in [5, 5.41) is 0. The number of rotatable bonds is 2. The molecule has 4 heteroatoms. The van der Waals surface area contributed by atoms with Crippen molar-refractivity contribution in [2.24, 2.45) is 11.3 Å². The first-order chi connectivity index (χ1) is 9.27. The van der Waals surface area contributed by atoms with Gasteiger partial charge in [0.2, 0.25) is 0 Å². The van der Waals surface area contributed by atoms with E-state index in [1.165, 1.54) is 0 Å². The van der Waals surface area contributed by atoms with Crippen LogP contribution in [0.5, 0.6) is 0 Å². The van der Waals surface area contributed by atoms with E-state index in [1.807, 2.05) is 25.7 Å². The average Bonchev–Trinajstić information content (AvgIpc) is 2.37. The van der Waals surface area contributed by atoms with Crippen molar-refractivity contribution in [2.75, 3.05) is 6.54 Å². The lowest BCUT2D eigenvalue weighted by Gasteiger charge is -2.59. The maximum absolute atomic E-state index is 12.5. The van der Waals surface area contributed by atoms with Crippen LogP contribution in [-0.4, -0.2) is 35.0 Å². The lowest BCUT2D eigenvalue weighted by atomic mass is 9.51. The first-order valence-electron chi connectivity index (χ1n) is 7.80. The quantitative estimate of drug-likeness (QED) is 0.779. The van der Waals surface area contributed by atoms with Crippen LogP contribution in [0.2, 0.25) is 0 Å². The van der Waals surface area contributed by atoms with E-state index >= 15 is 0 Å². The summed E-state index contributed by atoms with van der Waals surface area (Å²) in [4.78, 5) is 26.7. The second-order valence-electron chi connectivity index (χ2n) is 7.09. The van der Waals surface area contributed by atoms with Crippen LogP contribution >= 0.6 is 0 Å². The molecule has 1 aliphatic carbocycles. The van der Waals surface area contributed by atoms with Gasteiger partial charge in [-0.25, -0.2) is 4.79 Å². The minimum absolute atomic E-state index is 0.0381. The highest BCUT2D eigenvalue weighted by molar-refractivity contribution is 5.96. The normalized spacial score (nSPS) is 28.6. The predicted octanol–water partition coefficient (Wildman–Crippen LogP) is 3.39. The van der Waals surface area contributed by atoms with Gasteiger partial charge in [-0.15, -0.1) is 0 Å². The van der Waals surface area contributed by atoms with Crippen molar-refractivity contribution >= 4 is 11.9 Å². The van der Waals surface area contributed by atoms with Gasteiger partial charge >= 0.3 is 6.09 Å². The fourth-order valence-electron chi connectivity index (χ4n) is 3.91. The van der Waals surface area contributed by atoms with Crippen molar-refractivity contribution in [1.29, 1.82) is 0 Å². The van der Waals surface area contributed by atoms with Gasteiger partial charge in [-0.05, 0) is 46.5 Å². The zero-order valence-corrected chi connectivity index (χ0v) is 13.4. The first kappa shape index (κ1) is 15.3. The number of carbonyl (C=O) groups excluding carboxylic acids is 2. The van der Waals surface area contributed by atoms with Gasteiger partial charge in [0.25, 0.3) is 0 Å². The highest BCUT2D eigenvalue weighted by Crippen LogP contribution is 2.53. The Morgan fingerprint density at radius 1 is 1.35 bits per heavy atom. The third kappa shape index (κ3) is 2.23. The van der Waals surface area contributed by atoms with Crippen LogP contribution in [-0.2, 0) is 9.53 Å². The van der Waals surface area contributed by atoms with E-state index < -0.39 is 5.60 Å². The summed E-state index contributed by atoms with van der Waals surface area (Å²) in [6.45, 7) is 10.5. The molecule has 0 spiro atoms. The molecular formula is C16H27NO3. The summed E-state index contributed by atoms with van der Waals surface area (Å²) >= 11 is 0. The number of hydrogen-bond acceptors (Lipinski definition) is 3. The minimum atomic E-state index is -0.487. The Morgan fingerprint density at radius 3 is 2.45 bits per heavy atom. The average molecular weight is 281 g/mol. The summed E-state index contributed by atoms with van der Waals surface area (Å²) in [7, 11) is 0. The molecule has 2 fully saturated rings. The maximum Gasteiger partial charge on any atom is 0.410 e. The number of hydrogen-bond donors (Lipinski definition) is 0. The smallest absolute Gasteiger partial charge is 0.410 e. The Morgan fingerprint density at radius 2 is 1.95 bits per heavy atom. The summed E-state index contributed by atoms with van der Waals surface area (Å²) in [5.74, 6) is 0.400. The van der Waals surface area contributed by atoms with Crippen LogP contribution < -0.4 is 0 Å². The molecule has 2 rings (SSSR count). The van der Waals surface area contributed by atoms with Crippen LogP contribution in [0.4, 0.5) is 4.79 Å². The molecule has 1 saturated heterocycles. The number of ether oxygens (including phenoxy) is 1. The molecule has 2 atom stereocenters. The Hall–Kier alpha value is -1.06. The standard InChI is InChI=1S/C16H27NO3/c1-6-16(7-2)12-11(13(16)18)9-8-10-17(12)14(19)20-15(3,4)5/h11-12H,6-10H2,1-5H3/t11-,12+/m1/s1. The van der Waals surface area contributed by atoms with E-state index in [-0.39, 0.29) is 23.5 Å². The van der Waals surface area contributed by atoms with Gasteiger partial charge in [0.1, 0.15) is 11.4 Å². The highest BCUT2D eigenvalue weighted by Gasteiger charge is 2.63. The first-order valence-corrected chi connectivity index (χ1v) is 7.80. The van der Waals surface area contributed by atoms with Crippen LogP contribution in [0, 0.1) is 11.3 Å². The van der Waals surface area contributed by atoms with Crippen LogP contribution in [0.1, 0.15) is 60.3 Å². The second kappa shape index (κ2) is 5.05. The zero-order valence-electron chi connectivity index (χ0n) is 13.4. The number of nitrogens with zero attached hydrogens (tertiary/aromatic N) is 1. The molecule has 4 nitrogen and oxygen atoms in total. The van der Waals surface area contributed by atoms with E-state index in [0.717, 1.165) is 25.7 Å². The molecule has 20 heavy (non-hydrogen) atoms. The molecule has 0 radical (unpaired) electrons. The van der Waals surface area contributed by atoms with Gasteiger partial charge in [0, 0.05) is 12.5 Å². The number of carbonyl (C=O) groups is 2. The van der Waals surface area contributed by atoms with E-state index in [2.05, 4.69) is 13.8 Å². The van der Waals surface area contributed by atoms with Gasteiger partial charge < -0.3 is 9.64 Å². The molecule has 2 aliphatic rings. The zero-order chi connectivity index (χ0) is 15.1. The molecule has 0 bridgehead atoms. The van der Waals surface area contributed by atoms with E-state index in [4.69, 9.17) is 4.74 Å². The van der Waals surface area contributed by atoms with Gasteiger partial charge in [-0.1, -0.05) is 13.8 Å². The summed E-state index contributed by atoms with van der Waals surface area (Å²) in [6.07, 6.45) is 3.18. The lowest BCUT2D eigenvalue weighted by Crippen LogP contribution is -2.71. The van der Waals surface area contributed by atoms with Crippen molar-refractivity contribution < 1.29 is 14.3 Å². The molecule has 0 aromatic rings. The molecule has 1 heterocycles. The molecule has 0 N–H and O–H groups in total. The van der Waals surface area contributed by atoms with Gasteiger partial charge in [-0.2, -0.15) is 0 Å². The Kier molecular flexibility index (Phi) is 3.87. The van der Waals surface area contributed by atoms with E-state index in [1.54, 1.807) is 0 Å². The molecule has 0 aromatic carbocycles. The van der Waals surface area contributed by atoms with Crippen molar-refractivity contribution in [3.05, 3.63) is 0 Å². The van der Waals surface area contributed by atoms with Gasteiger partial charge in [-0.3, -0.25) is 4.79 Å². The Balaban J connectivity index is 2.21. The van der Waals surface area contributed by atoms with Crippen molar-refractivity contribution in [3.8, 4) is 0 Å². The van der Waals surface area contributed by atoms with Crippen LogP contribution in [0.25, 0.3) is 0 Å². The Bertz CT molecular complexity index is 406. The predicted molar refractivity (Wildman–Crippen MR) is 77.5 cm³/mol. The number of Topliss-reactive ketones (excluding diaryl/α,β-unsaturated/α-hetero) is 1. The van der Waals surface area contributed by atoms with Crippen molar-refractivity contribution in [1.82, 2.24) is 4.90 Å². The second-order valence-corrected chi connectivity index (χ2v) is 7.09. The van der Waals surface area contributed by atoms with E-state index in [0.29, 0.717) is 12.3 Å². The fourth-order valence-corrected chi connectivity index (χ4v) is 3.91. The van der Waals surface area contributed by atoms with Gasteiger partial charge in [0.05, 0.1) is 11.5 Å². The largest absolute Gasteiger partial charge is 0.444 e. The summed E-state index contributed by atoms with van der Waals surface area (Å²) in [5.41, 5.74) is -0.819. The Labute approximate surface area is 121 Å². The molecule has 0 unspecified atom stereocenters. The van der Waals surface area contributed by atoms with Gasteiger partial charge in [0.15, 0.2) is 0 Å². The summed E-state index contributed by atoms with van der Waals surface area (Å²) in [6, 6.07) is 0.0496. The fraction of sp³-hybridized carbons (Fsp3) is 0.875. The number of piperidine rings is 1. The third-order valence-corrected chi connectivity index (χ3v) is 4.91. The molecule has 114 valence electrons. The topological polar surface area (TPSA) is 46.6 Å². The summed E-state index contributed by atoms with van der Waals surface area (Å²) < 4.78 is 5.52. The number of amides is 1. The molecule has 1 saturated carbocycles. The van der Waals surface area contributed by atoms with E-state index in [9.17, 15) is 9.59 Å². The SMILES string of the molecule is CCC1(CC)C(=O)[C@@H]2CCCN(C(=O)OC(C)(C)C)[C@@H]21. The monoisotopic (exact) mass is 281 g/mol. The lowest BCUT2D eigenvalue weighted by molar-refractivity contribution is -0.166.